The molecule has 29 heavy (non-hydrogen) atoms. The Balaban J connectivity index is 0.00000300. The van der Waals surface area contributed by atoms with Gasteiger partial charge in [0.05, 0.1) is 4.92 Å². The van der Waals surface area contributed by atoms with E-state index >= 15 is 0 Å². The molecular formula is C21H27ClN4O3. The first-order chi connectivity index (χ1) is 13.6. The van der Waals surface area contributed by atoms with Crippen molar-refractivity contribution < 1.29 is 9.72 Å². The van der Waals surface area contributed by atoms with Crippen molar-refractivity contribution in [1.29, 1.82) is 0 Å². The van der Waals surface area contributed by atoms with E-state index in [-0.39, 0.29) is 30.0 Å². The number of nitrogens with one attached hydrogen (secondary N) is 2. The van der Waals surface area contributed by atoms with Crippen molar-refractivity contribution in [2.24, 2.45) is 0 Å². The van der Waals surface area contributed by atoms with Crippen molar-refractivity contribution in [3.05, 3.63) is 69.8 Å². The summed E-state index contributed by atoms with van der Waals surface area (Å²) in [6.45, 7) is 4.81. The number of amides is 1. The maximum atomic E-state index is 13.0. The Hall–Kier alpha value is -2.64. The predicted molar refractivity (Wildman–Crippen MR) is 117 cm³/mol. The van der Waals surface area contributed by atoms with E-state index in [1.54, 1.807) is 12.1 Å². The summed E-state index contributed by atoms with van der Waals surface area (Å²) in [6.07, 6.45) is 1.76. The van der Waals surface area contributed by atoms with Gasteiger partial charge < -0.3 is 15.5 Å². The number of rotatable bonds is 8. The van der Waals surface area contributed by atoms with Gasteiger partial charge in [0.25, 0.3) is 11.6 Å². The van der Waals surface area contributed by atoms with Crippen LogP contribution in [-0.4, -0.2) is 41.4 Å². The van der Waals surface area contributed by atoms with Gasteiger partial charge in [-0.05, 0) is 37.1 Å². The zero-order chi connectivity index (χ0) is 19.9. The van der Waals surface area contributed by atoms with Gasteiger partial charge in [0.1, 0.15) is 5.69 Å². The van der Waals surface area contributed by atoms with Crippen LogP contribution < -0.4 is 10.6 Å². The van der Waals surface area contributed by atoms with Crippen molar-refractivity contribution >= 4 is 29.7 Å². The minimum Gasteiger partial charge on any atom is -0.375 e. The van der Waals surface area contributed by atoms with Crippen LogP contribution in [0, 0.1) is 10.1 Å². The van der Waals surface area contributed by atoms with E-state index in [1.807, 2.05) is 42.2 Å². The summed E-state index contributed by atoms with van der Waals surface area (Å²) >= 11 is 0. The first kappa shape index (κ1) is 22.6. The van der Waals surface area contributed by atoms with E-state index in [0.29, 0.717) is 24.3 Å². The zero-order valence-corrected chi connectivity index (χ0v) is 17.3. The molecule has 2 aromatic carbocycles. The topological polar surface area (TPSA) is 87.5 Å². The quantitative estimate of drug-likeness (QED) is 0.502. The van der Waals surface area contributed by atoms with Gasteiger partial charge in [-0.15, -0.1) is 12.4 Å². The molecule has 0 bridgehead atoms. The molecule has 1 heterocycles. The van der Waals surface area contributed by atoms with Crippen molar-refractivity contribution in [3.63, 3.8) is 0 Å². The fourth-order valence-corrected chi connectivity index (χ4v) is 3.52. The van der Waals surface area contributed by atoms with Crippen LogP contribution >= 0.6 is 12.4 Å². The molecule has 1 aliphatic rings. The van der Waals surface area contributed by atoms with Crippen LogP contribution in [0.3, 0.4) is 0 Å². The lowest BCUT2D eigenvalue weighted by Gasteiger charge is -2.28. The van der Waals surface area contributed by atoms with Crippen LogP contribution in [0.4, 0.5) is 11.4 Å². The number of halogens is 1. The van der Waals surface area contributed by atoms with E-state index < -0.39 is 4.92 Å². The van der Waals surface area contributed by atoms with Crippen molar-refractivity contribution in [1.82, 2.24) is 10.2 Å². The van der Waals surface area contributed by atoms with E-state index in [0.717, 1.165) is 31.5 Å². The lowest BCUT2D eigenvalue weighted by atomic mass is 10.1. The fraction of sp³-hybridized carbons (Fsp3) is 0.381. The molecule has 2 N–H and O–H groups in total. The second-order valence-corrected chi connectivity index (χ2v) is 6.97. The van der Waals surface area contributed by atoms with Crippen molar-refractivity contribution in [2.45, 2.75) is 32.4 Å². The monoisotopic (exact) mass is 418 g/mol. The number of carbonyl (C=O) groups excluding carboxylic acids is 1. The van der Waals surface area contributed by atoms with Gasteiger partial charge in [-0.1, -0.05) is 37.3 Å². The van der Waals surface area contributed by atoms with Crippen LogP contribution in [-0.2, 0) is 6.54 Å². The average molecular weight is 419 g/mol. The molecule has 2 aromatic rings. The van der Waals surface area contributed by atoms with E-state index in [9.17, 15) is 14.9 Å². The van der Waals surface area contributed by atoms with Gasteiger partial charge in [0.2, 0.25) is 0 Å². The highest BCUT2D eigenvalue weighted by Gasteiger charge is 2.28. The molecule has 7 nitrogen and oxygen atoms in total. The molecule has 0 radical (unpaired) electrons. The Labute approximate surface area is 177 Å². The van der Waals surface area contributed by atoms with Gasteiger partial charge in [-0.25, -0.2) is 0 Å². The number of benzene rings is 2. The summed E-state index contributed by atoms with van der Waals surface area (Å²) in [5.41, 5.74) is 1.72. The molecular weight excluding hydrogens is 392 g/mol. The maximum absolute atomic E-state index is 13.0. The van der Waals surface area contributed by atoms with Crippen LogP contribution in [0.2, 0.25) is 0 Å². The lowest BCUT2D eigenvalue weighted by molar-refractivity contribution is -0.384. The summed E-state index contributed by atoms with van der Waals surface area (Å²) < 4.78 is 0. The Bertz CT molecular complexity index is 826. The van der Waals surface area contributed by atoms with Crippen LogP contribution in [0.25, 0.3) is 0 Å². The predicted octanol–water partition coefficient (Wildman–Crippen LogP) is 3.84. The van der Waals surface area contributed by atoms with E-state index in [2.05, 4.69) is 10.6 Å². The number of nitro benzene ring substituents is 1. The number of carbonyl (C=O) groups is 1. The highest BCUT2D eigenvalue weighted by atomic mass is 35.5. The average Bonchev–Trinajstić information content (AvgIpc) is 3.25. The van der Waals surface area contributed by atoms with Gasteiger partial charge >= 0.3 is 0 Å². The zero-order valence-electron chi connectivity index (χ0n) is 16.5. The molecule has 3 rings (SSSR count). The van der Waals surface area contributed by atoms with Crippen molar-refractivity contribution in [3.8, 4) is 0 Å². The third-order valence-corrected chi connectivity index (χ3v) is 4.97. The first-order valence-corrected chi connectivity index (χ1v) is 9.68. The number of hydrogen-bond acceptors (Lipinski definition) is 5. The molecule has 1 aliphatic heterocycles. The third-order valence-electron chi connectivity index (χ3n) is 4.97. The van der Waals surface area contributed by atoms with Gasteiger partial charge in [0, 0.05) is 37.3 Å². The fourth-order valence-electron chi connectivity index (χ4n) is 3.52. The Morgan fingerprint density at radius 3 is 2.66 bits per heavy atom. The molecule has 0 aromatic heterocycles. The highest BCUT2D eigenvalue weighted by Crippen LogP contribution is 2.27. The minimum absolute atomic E-state index is 0. The number of nitro groups is 1. The molecule has 8 heteroatoms. The highest BCUT2D eigenvalue weighted by molar-refractivity contribution is 5.96. The summed E-state index contributed by atoms with van der Waals surface area (Å²) in [7, 11) is 0. The standard InChI is InChI=1S/C21H26N4O3.ClH/c1-2-12-24(18-10-11-22-15-18)21(26)17-8-9-19(20(13-17)25(27)28)23-14-16-6-4-3-5-7-16;/h3-9,13,18,22-23H,2,10-12,14-15H2,1H3;1H. The van der Waals surface area contributed by atoms with Crippen LogP contribution in [0.5, 0.6) is 0 Å². The van der Waals surface area contributed by atoms with E-state index in [1.165, 1.54) is 6.07 Å². The molecule has 0 spiro atoms. The third kappa shape index (κ3) is 5.68. The Morgan fingerprint density at radius 1 is 1.28 bits per heavy atom. The number of hydrogen-bond donors (Lipinski definition) is 2. The second kappa shape index (κ2) is 10.8. The summed E-state index contributed by atoms with van der Waals surface area (Å²) in [6, 6.07) is 14.5. The molecule has 156 valence electrons. The summed E-state index contributed by atoms with van der Waals surface area (Å²) in [4.78, 5) is 26.0. The van der Waals surface area contributed by atoms with Gasteiger partial charge in [-0.2, -0.15) is 0 Å². The molecule has 1 amide bonds. The Morgan fingerprint density at radius 2 is 2.03 bits per heavy atom. The minimum atomic E-state index is -0.439. The number of nitrogens with zero attached hydrogens (tertiary/aromatic N) is 2. The molecule has 1 saturated heterocycles. The lowest BCUT2D eigenvalue weighted by Crippen LogP contribution is -2.42. The summed E-state index contributed by atoms with van der Waals surface area (Å²) in [5, 5.41) is 18.0. The van der Waals surface area contributed by atoms with Gasteiger partial charge in [-0.3, -0.25) is 14.9 Å². The van der Waals surface area contributed by atoms with Crippen LogP contribution in [0.1, 0.15) is 35.7 Å². The number of anilines is 1. The maximum Gasteiger partial charge on any atom is 0.293 e. The van der Waals surface area contributed by atoms with Crippen molar-refractivity contribution in [2.75, 3.05) is 25.0 Å². The van der Waals surface area contributed by atoms with Gasteiger partial charge in [0.15, 0.2) is 0 Å². The molecule has 1 fully saturated rings. The second-order valence-electron chi connectivity index (χ2n) is 6.97. The van der Waals surface area contributed by atoms with E-state index in [4.69, 9.17) is 0 Å². The molecule has 0 saturated carbocycles. The first-order valence-electron chi connectivity index (χ1n) is 9.68. The smallest absolute Gasteiger partial charge is 0.293 e. The molecule has 1 atom stereocenters. The Kier molecular flexibility index (Phi) is 8.42. The summed E-state index contributed by atoms with van der Waals surface area (Å²) in [5.74, 6) is -0.145. The van der Waals surface area contributed by atoms with Crippen LogP contribution in [0.15, 0.2) is 48.5 Å². The molecule has 0 aliphatic carbocycles. The normalized spacial score (nSPS) is 15.4. The largest absolute Gasteiger partial charge is 0.375 e. The molecule has 1 unspecified atom stereocenters. The SMILES string of the molecule is CCCN(C(=O)c1ccc(NCc2ccccc2)c([N+](=O)[O-])c1)C1CCNC1.Cl.